The van der Waals surface area contributed by atoms with E-state index >= 15 is 0 Å². The zero-order chi connectivity index (χ0) is 20.5. The molecule has 29 heavy (non-hydrogen) atoms. The van der Waals surface area contributed by atoms with Crippen molar-refractivity contribution in [1.29, 1.82) is 0 Å². The van der Waals surface area contributed by atoms with Gasteiger partial charge in [-0.3, -0.25) is 23.7 Å². The monoisotopic (exact) mass is 408 g/mol. The van der Waals surface area contributed by atoms with E-state index in [4.69, 9.17) is 0 Å². The molecular formula is C20H20N6O2S. The van der Waals surface area contributed by atoms with Crippen molar-refractivity contribution >= 4 is 22.2 Å². The second kappa shape index (κ2) is 7.59. The maximum Gasteiger partial charge on any atom is 0.268 e. The molecule has 0 radical (unpaired) electrons. The number of hydrogen-bond donors (Lipinski definition) is 1. The smallest absolute Gasteiger partial charge is 0.268 e. The number of carbonyl (C=O) groups excluding carboxylic acids is 1. The van der Waals surface area contributed by atoms with Crippen molar-refractivity contribution in [1.82, 2.24) is 29.5 Å². The highest BCUT2D eigenvalue weighted by molar-refractivity contribution is 7.15. The van der Waals surface area contributed by atoms with E-state index in [0.717, 1.165) is 11.4 Å². The molecule has 0 aliphatic carbocycles. The molecule has 4 heterocycles. The van der Waals surface area contributed by atoms with Crippen molar-refractivity contribution in [3.05, 3.63) is 69.0 Å². The van der Waals surface area contributed by atoms with Gasteiger partial charge in [0, 0.05) is 24.3 Å². The number of nitrogens with one attached hydrogen (secondary N) is 1. The summed E-state index contributed by atoms with van der Waals surface area (Å²) in [7, 11) is 1.80. The van der Waals surface area contributed by atoms with Crippen molar-refractivity contribution in [3.63, 3.8) is 0 Å². The van der Waals surface area contributed by atoms with E-state index in [2.05, 4.69) is 20.4 Å². The number of nitrogens with zero attached hydrogens (tertiary/aromatic N) is 5. The fraction of sp³-hybridized carbons (Fsp3) is 0.250. The summed E-state index contributed by atoms with van der Waals surface area (Å²) in [6.45, 7) is 4.04. The van der Waals surface area contributed by atoms with Gasteiger partial charge in [0.05, 0.1) is 41.3 Å². The van der Waals surface area contributed by atoms with E-state index in [1.54, 1.807) is 17.9 Å². The first kappa shape index (κ1) is 19.0. The molecule has 1 N–H and O–H groups in total. The van der Waals surface area contributed by atoms with E-state index < -0.39 is 0 Å². The maximum atomic E-state index is 13.3. The Labute approximate surface area is 170 Å². The lowest BCUT2D eigenvalue weighted by Crippen LogP contribution is -2.27. The van der Waals surface area contributed by atoms with Gasteiger partial charge in [-0.1, -0.05) is 6.07 Å². The molecule has 8 nitrogen and oxygen atoms in total. The summed E-state index contributed by atoms with van der Waals surface area (Å²) in [6, 6.07) is 7.41. The number of aromatic nitrogens is 5. The van der Waals surface area contributed by atoms with E-state index in [0.29, 0.717) is 34.2 Å². The van der Waals surface area contributed by atoms with Gasteiger partial charge in [0.2, 0.25) is 5.91 Å². The Kier molecular flexibility index (Phi) is 4.98. The second-order valence-corrected chi connectivity index (χ2v) is 7.63. The van der Waals surface area contributed by atoms with Crippen LogP contribution < -0.4 is 10.9 Å². The first-order valence-corrected chi connectivity index (χ1v) is 9.99. The summed E-state index contributed by atoms with van der Waals surface area (Å²) in [5.74, 6) is -0.180. The zero-order valence-electron chi connectivity index (χ0n) is 16.3. The van der Waals surface area contributed by atoms with Crippen LogP contribution in [0.3, 0.4) is 0 Å². The number of hydrogen-bond acceptors (Lipinski definition) is 6. The fourth-order valence-corrected chi connectivity index (χ4v) is 4.21. The molecule has 0 aliphatic heterocycles. The van der Waals surface area contributed by atoms with Gasteiger partial charge in [-0.2, -0.15) is 5.10 Å². The summed E-state index contributed by atoms with van der Waals surface area (Å²) in [6.07, 6.45) is 1.77. The highest BCUT2D eigenvalue weighted by atomic mass is 32.1. The summed E-state index contributed by atoms with van der Waals surface area (Å²) in [5.41, 5.74) is 3.88. The molecule has 1 amide bonds. The Balaban J connectivity index is 1.66. The topological polar surface area (TPSA) is 94.2 Å². The zero-order valence-corrected chi connectivity index (χ0v) is 17.2. The average molecular weight is 408 g/mol. The van der Waals surface area contributed by atoms with Crippen molar-refractivity contribution in [2.75, 3.05) is 0 Å². The van der Waals surface area contributed by atoms with Crippen molar-refractivity contribution in [3.8, 4) is 11.3 Å². The standard InChI is InChI=1S/C20H20N6O2S/c1-12-8-16(25(3)24-12)18-13(2)23-20-26(19(18)28)15(11-29-20)9-17(27)22-10-14-6-4-5-7-21-14/h4-8,11H,9-10H2,1-3H3,(H,22,27). The molecule has 4 rings (SSSR count). The summed E-state index contributed by atoms with van der Waals surface area (Å²) < 4.78 is 3.20. The lowest BCUT2D eigenvalue weighted by atomic mass is 10.1. The fourth-order valence-electron chi connectivity index (χ4n) is 3.29. The molecule has 0 aromatic carbocycles. The molecular weight excluding hydrogens is 388 g/mol. The van der Waals surface area contributed by atoms with Crippen LogP contribution in [-0.4, -0.2) is 30.1 Å². The Morgan fingerprint density at radius 2 is 2.10 bits per heavy atom. The average Bonchev–Trinajstić information content (AvgIpc) is 3.23. The molecule has 9 heteroatoms. The van der Waals surface area contributed by atoms with Crippen LogP contribution in [0.25, 0.3) is 16.2 Å². The molecule has 0 bridgehead atoms. The van der Waals surface area contributed by atoms with Crippen molar-refractivity contribution in [2.24, 2.45) is 7.05 Å². The van der Waals surface area contributed by atoms with Gasteiger partial charge in [0.1, 0.15) is 0 Å². The largest absolute Gasteiger partial charge is 0.350 e. The first-order chi connectivity index (χ1) is 13.9. The number of pyridine rings is 1. The lowest BCUT2D eigenvalue weighted by Gasteiger charge is -2.08. The number of aryl methyl sites for hydroxylation is 3. The maximum absolute atomic E-state index is 13.3. The molecule has 148 valence electrons. The van der Waals surface area contributed by atoms with Gasteiger partial charge < -0.3 is 5.32 Å². The molecule has 0 unspecified atom stereocenters. The Bertz CT molecular complexity index is 1260. The number of amides is 1. The first-order valence-electron chi connectivity index (χ1n) is 9.11. The van der Waals surface area contributed by atoms with Crippen LogP contribution in [-0.2, 0) is 24.8 Å². The van der Waals surface area contributed by atoms with Gasteiger partial charge in [0.15, 0.2) is 4.96 Å². The van der Waals surface area contributed by atoms with Crippen LogP contribution in [0.1, 0.15) is 22.8 Å². The van der Waals surface area contributed by atoms with E-state index in [-0.39, 0.29) is 17.9 Å². The summed E-state index contributed by atoms with van der Waals surface area (Å²) in [4.78, 5) is 35.1. The van der Waals surface area contributed by atoms with Gasteiger partial charge in [-0.25, -0.2) is 4.98 Å². The van der Waals surface area contributed by atoms with Crippen LogP contribution in [0, 0.1) is 13.8 Å². The highest BCUT2D eigenvalue weighted by Crippen LogP contribution is 2.22. The minimum absolute atomic E-state index is 0.0847. The molecule has 0 aliphatic rings. The number of thiazole rings is 1. The highest BCUT2D eigenvalue weighted by Gasteiger charge is 2.19. The van der Waals surface area contributed by atoms with Crippen LogP contribution in [0.4, 0.5) is 0 Å². The molecule has 0 saturated carbocycles. The third-order valence-corrected chi connectivity index (χ3v) is 5.49. The van der Waals surface area contributed by atoms with Crippen LogP contribution in [0.2, 0.25) is 0 Å². The summed E-state index contributed by atoms with van der Waals surface area (Å²) >= 11 is 1.35. The number of rotatable bonds is 5. The Morgan fingerprint density at radius 1 is 1.28 bits per heavy atom. The van der Waals surface area contributed by atoms with Crippen molar-refractivity contribution < 1.29 is 4.79 Å². The third kappa shape index (κ3) is 3.68. The quantitative estimate of drug-likeness (QED) is 0.545. The van der Waals surface area contributed by atoms with E-state index in [1.807, 2.05) is 43.5 Å². The second-order valence-electron chi connectivity index (χ2n) is 6.79. The Hall–Kier alpha value is -3.33. The summed E-state index contributed by atoms with van der Waals surface area (Å²) in [5, 5.41) is 8.99. The minimum atomic E-state index is -0.190. The predicted molar refractivity (Wildman–Crippen MR) is 111 cm³/mol. The minimum Gasteiger partial charge on any atom is -0.350 e. The molecule has 0 saturated heterocycles. The lowest BCUT2D eigenvalue weighted by molar-refractivity contribution is -0.120. The SMILES string of the molecule is Cc1cc(-c2c(C)nc3scc(CC(=O)NCc4ccccn4)n3c2=O)n(C)n1. The van der Waals surface area contributed by atoms with Gasteiger partial charge in [0.25, 0.3) is 5.56 Å². The van der Waals surface area contributed by atoms with Gasteiger partial charge >= 0.3 is 0 Å². The van der Waals surface area contributed by atoms with Crippen LogP contribution in [0.5, 0.6) is 0 Å². The van der Waals surface area contributed by atoms with Crippen LogP contribution >= 0.6 is 11.3 Å². The third-order valence-electron chi connectivity index (χ3n) is 4.61. The molecule has 4 aromatic rings. The molecule has 0 fully saturated rings. The number of fused-ring (bicyclic) bond motifs is 1. The van der Waals surface area contributed by atoms with E-state index in [1.165, 1.54) is 15.7 Å². The van der Waals surface area contributed by atoms with Crippen LogP contribution in [0.15, 0.2) is 40.6 Å². The van der Waals surface area contributed by atoms with Gasteiger partial charge in [-0.15, -0.1) is 11.3 Å². The number of carbonyl (C=O) groups is 1. The van der Waals surface area contributed by atoms with Crippen molar-refractivity contribution in [2.45, 2.75) is 26.8 Å². The normalized spacial score (nSPS) is 11.1. The molecule has 4 aromatic heterocycles. The molecule has 0 spiro atoms. The predicted octanol–water partition coefficient (Wildman–Crippen LogP) is 2.03. The van der Waals surface area contributed by atoms with Gasteiger partial charge in [-0.05, 0) is 32.0 Å². The Morgan fingerprint density at radius 3 is 2.79 bits per heavy atom. The molecule has 0 atom stereocenters. The van der Waals surface area contributed by atoms with E-state index in [9.17, 15) is 9.59 Å².